The molecule has 0 spiro atoms. The van der Waals surface area contributed by atoms with Gasteiger partial charge in [0.05, 0.1) is 36.0 Å². The zero-order valence-corrected chi connectivity index (χ0v) is 28.4. The number of fused-ring (bicyclic) bond motifs is 1. The number of anilines is 2. The summed E-state index contributed by atoms with van der Waals surface area (Å²) in [5.41, 5.74) is -0.296. The van der Waals surface area contributed by atoms with Gasteiger partial charge in [-0.05, 0) is 89.4 Å². The molecule has 0 radical (unpaired) electrons. The lowest BCUT2D eigenvalue weighted by atomic mass is 10.0. The van der Waals surface area contributed by atoms with Crippen molar-refractivity contribution in [3.63, 3.8) is 0 Å². The number of alkyl halides is 3. The van der Waals surface area contributed by atoms with Crippen molar-refractivity contribution in [2.75, 3.05) is 44.0 Å². The minimum Gasteiger partial charge on any atom is -0.490 e. The van der Waals surface area contributed by atoms with Crippen LogP contribution in [0.25, 0.3) is 0 Å². The molecule has 14 heteroatoms. The van der Waals surface area contributed by atoms with Crippen LogP contribution in [0, 0.1) is 5.92 Å². The molecule has 0 unspecified atom stereocenters. The number of halogens is 3. The number of carbonyl (C=O) groups is 3. The first-order valence-electron chi connectivity index (χ1n) is 16.2. The molecule has 0 bridgehead atoms. The third-order valence-corrected chi connectivity index (χ3v) is 7.99. The number of urea groups is 2. The zero-order valence-electron chi connectivity index (χ0n) is 28.4. The number of nitrogens with zero attached hydrogens (tertiary/aromatic N) is 2. The quantitative estimate of drug-likeness (QED) is 0.276. The summed E-state index contributed by atoms with van der Waals surface area (Å²) in [6, 6.07) is 7.05. The lowest BCUT2D eigenvalue weighted by Gasteiger charge is -2.36. The van der Waals surface area contributed by atoms with Crippen LogP contribution >= 0.6 is 0 Å². The lowest BCUT2D eigenvalue weighted by Crippen LogP contribution is -2.49. The number of benzene rings is 2. The van der Waals surface area contributed by atoms with Crippen LogP contribution in [0.3, 0.4) is 0 Å². The maximum Gasteiger partial charge on any atom is 0.416 e. The van der Waals surface area contributed by atoms with E-state index in [0.717, 1.165) is 37.1 Å². The number of aliphatic hydroxyl groups excluding tert-OH is 1. The summed E-state index contributed by atoms with van der Waals surface area (Å²) in [7, 11) is 1.69. The SMILES string of the molecule is CC(C)NC(=O)N(C)C[C@@H]1OCCCC[C@H](C)Oc2ccc(NC(=O)Nc3ccc(C(F)(F)F)cc3)cc2C(=O)N([C@@H](C)CO)C[C@H]1C. The Labute approximate surface area is 280 Å². The third-order valence-electron chi connectivity index (χ3n) is 7.99. The van der Waals surface area contributed by atoms with Crippen molar-refractivity contribution in [3.8, 4) is 5.75 Å². The second kappa shape index (κ2) is 17.4. The first kappa shape index (κ1) is 38.4. The van der Waals surface area contributed by atoms with Gasteiger partial charge in [0, 0.05) is 50.1 Å². The van der Waals surface area contributed by atoms with E-state index in [-0.39, 0.29) is 60.7 Å². The highest BCUT2D eigenvalue weighted by Crippen LogP contribution is 2.31. The van der Waals surface area contributed by atoms with Crippen molar-refractivity contribution in [3.05, 3.63) is 53.6 Å². The minimum absolute atomic E-state index is 0.0413. The second-order valence-corrected chi connectivity index (χ2v) is 12.6. The van der Waals surface area contributed by atoms with Gasteiger partial charge in [-0.15, -0.1) is 0 Å². The standard InChI is InChI=1S/C34H48F3N5O6/c1-21(2)38-33(46)41(6)19-30-22(3)18-42(23(4)20-43)31(44)28-17-27(14-15-29(28)48-24(5)9-7-8-16-47-30)40-32(45)39-26-12-10-25(11-13-26)34(35,36)37/h10-15,17,21-24,30,43H,7-9,16,18-20H2,1-6H3,(H,38,46)(H2,39,40,45)/t22-,23+,24+,30+/m1/s1. The molecule has 0 saturated carbocycles. The van der Waals surface area contributed by atoms with Crippen LogP contribution in [0.15, 0.2) is 42.5 Å². The normalized spacial score (nSPS) is 20.2. The highest BCUT2D eigenvalue weighted by Gasteiger charge is 2.32. The van der Waals surface area contributed by atoms with Gasteiger partial charge in [0.2, 0.25) is 0 Å². The van der Waals surface area contributed by atoms with Crippen LogP contribution in [0.2, 0.25) is 0 Å². The molecule has 11 nitrogen and oxygen atoms in total. The number of ether oxygens (including phenoxy) is 2. The summed E-state index contributed by atoms with van der Waals surface area (Å²) in [5.74, 6) is -0.391. The molecule has 3 rings (SSSR count). The first-order valence-corrected chi connectivity index (χ1v) is 16.2. The van der Waals surface area contributed by atoms with Crippen LogP contribution < -0.4 is 20.7 Å². The number of hydrogen-bond acceptors (Lipinski definition) is 6. The Kier molecular flexibility index (Phi) is 13.9. The molecule has 4 N–H and O–H groups in total. The fourth-order valence-corrected chi connectivity index (χ4v) is 5.21. The molecule has 4 atom stereocenters. The molecular formula is C34H48F3N5O6. The van der Waals surface area contributed by atoms with Crippen LogP contribution in [-0.4, -0.2) is 90.5 Å². The van der Waals surface area contributed by atoms with Gasteiger partial charge in [-0.1, -0.05) is 6.92 Å². The van der Waals surface area contributed by atoms with Crippen LogP contribution in [0.1, 0.15) is 69.8 Å². The van der Waals surface area contributed by atoms with E-state index < -0.39 is 35.8 Å². The van der Waals surface area contributed by atoms with E-state index in [9.17, 15) is 32.7 Å². The number of hydrogen-bond donors (Lipinski definition) is 4. The Balaban J connectivity index is 1.89. The summed E-state index contributed by atoms with van der Waals surface area (Å²) in [6.45, 7) is 9.91. The van der Waals surface area contributed by atoms with Crippen LogP contribution in [-0.2, 0) is 10.9 Å². The monoisotopic (exact) mass is 679 g/mol. The fourth-order valence-electron chi connectivity index (χ4n) is 5.21. The highest BCUT2D eigenvalue weighted by molar-refractivity contribution is 6.02. The second-order valence-electron chi connectivity index (χ2n) is 12.6. The zero-order chi connectivity index (χ0) is 35.6. The van der Waals surface area contributed by atoms with Crippen molar-refractivity contribution >= 4 is 29.3 Å². The van der Waals surface area contributed by atoms with E-state index in [1.54, 1.807) is 31.0 Å². The van der Waals surface area contributed by atoms with Crippen molar-refractivity contribution in [2.45, 2.75) is 84.3 Å². The Bertz CT molecular complexity index is 1370. The predicted molar refractivity (Wildman–Crippen MR) is 177 cm³/mol. The van der Waals surface area contributed by atoms with Crippen LogP contribution in [0.4, 0.5) is 34.1 Å². The minimum atomic E-state index is -4.50. The lowest BCUT2D eigenvalue weighted by molar-refractivity contribution is -0.137. The smallest absolute Gasteiger partial charge is 0.416 e. The van der Waals surface area contributed by atoms with E-state index in [1.165, 1.54) is 11.0 Å². The number of rotatable bonds is 7. The summed E-state index contributed by atoms with van der Waals surface area (Å²) in [5, 5.41) is 18.1. The average molecular weight is 680 g/mol. The molecule has 266 valence electrons. The van der Waals surface area contributed by atoms with E-state index >= 15 is 0 Å². The number of likely N-dealkylation sites (N-methyl/N-ethyl adjacent to an activating group) is 1. The molecule has 1 aliphatic heterocycles. The predicted octanol–water partition coefficient (Wildman–Crippen LogP) is 6.19. The molecule has 0 aliphatic carbocycles. The largest absolute Gasteiger partial charge is 0.490 e. The molecule has 0 aromatic heterocycles. The molecule has 5 amide bonds. The fraction of sp³-hybridized carbons (Fsp3) is 0.559. The summed E-state index contributed by atoms with van der Waals surface area (Å²) in [6.07, 6.45) is -2.93. The van der Waals surface area contributed by atoms with Gasteiger partial charge in [0.15, 0.2) is 0 Å². The summed E-state index contributed by atoms with van der Waals surface area (Å²) in [4.78, 5) is 42.8. The van der Waals surface area contributed by atoms with Crippen molar-refractivity contribution < 1.29 is 42.1 Å². The Hall–Kier alpha value is -4.04. The molecule has 1 heterocycles. The Morgan fingerprint density at radius 3 is 2.31 bits per heavy atom. The van der Waals surface area contributed by atoms with E-state index in [0.29, 0.717) is 18.8 Å². The Morgan fingerprint density at radius 1 is 1.04 bits per heavy atom. The summed E-state index contributed by atoms with van der Waals surface area (Å²) < 4.78 is 51.3. The van der Waals surface area contributed by atoms with Gasteiger partial charge >= 0.3 is 18.2 Å². The topological polar surface area (TPSA) is 132 Å². The third kappa shape index (κ3) is 11.3. The first-order chi connectivity index (χ1) is 22.6. The molecular weight excluding hydrogens is 631 g/mol. The van der Waals surface area contributed by atoms with E-state index in [2.05, 4.69) is 16.0 Å². The number of carbonyl (C=O) groups excluding carboxylic acids is 3. The van der Waals surface area contributed by atoms with E-state index in [4.69, 9.17) is 9.47 Å². The molecule has 48 heavy (non-hydrogen) atoms. The number of nitrogens with one attached hydrogen (secondary N) is 3. The highest BCUT2D eigenvalue weighted by atomic mass is 19.4. The number of amides is 5. The van der Waals surface area contributed by atoms with Crippen molar-refractivity contribution in [1.29, 1.82) is 0 Å². The van der Waals surface area contributed by atoms with Gasteiger partial charge in [-0.3, -0.25) is 4.79 Å². The molecule has 2 aromatic carbocycles. The maximum absolute atomic E-state index is 14.3. The van der Waals surface area contributed by atoms with Crippen LogP contribution in [0.5, 0.6) is 5.75 Å². The van der Waals surface area contributed by atoms with Gasteiger partial charge < -0.3 is 40.3 Å². The summed E-state index contributed by atoms with van der Waals surface area (Å²) >= 11 is 0. The maximum atomic E-state index is 14.3. The van der Waals surface area contributed by atoms with Crippen molar-refractivity contribution in [1.82, 2.24) is 15.1 Å². The molecule has 1 aliphatic rings. The average Bonchev–Trinajstić information content (AvgIpc) is 3.01. The van der Waals surface area contributed by atoms with Crippen molar-refractivity contribution in [2.24, 2.45) is 5.92 Å². The van der Waals surface area contributed by atoms with Gasteiger partial charge in [-0.2, -0.15) is 13.2 Å². The molecule has 2 aromatic rings. The van der Waals surface area contributed by atoms with Gasteiger partial charge in [-0.25, -0.2) is 9.59 Å². The number of aliphatic hydroxyl groups is 1. The molecule has 0 fully saturated rings. The Morgan fingerprint density at radius 2 is 1.69 bits per heavy atom. The van der Waals surface area contributed by atoms with Gasteiger partial charge in [0.1, 0.15) is 5.75 Å². The van der Waals surface area contributed by atoms with E-state index in [1.807, 2.05) is 27.7 Å². The van der Waals surface area contributed by atoms with Gasteiger partial charge in [0.25, 0.3) is 5.91 Å². The molecule has 0 saturated heterocycles.